The fraction of sp³-hybridized carbons (Fsp3) is 0.727. The number of hydrogen-bond donors (Lipinski definition) is 0. The second-order valence-electron chi connectivity index (χ2n) is 3.50. The van der Waals surface area contributed by atoms with Gasteiger partial charge in [0, 0.05) is 12.8 Å². The third-order valence-electron chi connectivity index (χ3n) is 2.26. The molecule has 1 aliphatic heterocycles. The van der Waals surface area contributed by atoms with Crippen molar-refractivity contribution in [2.45, 2.75) is 51.6 Å². The molecule has 1 unspecified atom stereocenters. The van der Waals surface area contributed by atoms with Gasteiger partial charge in [-0.05, 0) is 12.8 Å². The Labute approximate surface area is 80.0 Å². The van der Waals surface area contributed by atoms with Crippen molar-refractivity contribution in [3.8, 4) is 0 Å². The monoisotopic (exact) mass is 182 g/mol. The summed E-state index contributed by atoms with van der Waals surface area (Å²) < 4.78 is 5.08. The van der Waals surface area contributed by atoms with Gasteiger partial charge in [0.1, 0.15) is 6.10 Å². The van der Waals surface area contributed by atoms with Crippen molar-refractivity contribution < 1.29 is 9.53 Å². The largest absolute Gasteiger partial charge is 0.462 e. The van der Waals surface area contributed by atoms with Gasteiger partial charge in [0.25, 0.3) is 0 Å². The lowest BCUT2D eigenvalue weighted by molar-refractivity contribution is -0.141. The molecule has 2 heteroatoms. The summed E-state index contributed by atoms with van der Waals surface area (Å²) in [6.45, 7) is 2.19. The van der Waals surface area contributed by atoms with Crippen LogP contribution in [0.15, 0.2) is 12.2 Å². The zero-order chi connectivity index (χ0) is 9.52. The van der Waals surface area contributed by atoms with E-state index in [9.17, 15) is 4.79 Å². The van der Waals surface area contributed by atoms with Crippen LogP contribution in [0.1, 0.15) is 45.4 Å². The lowest BCUT2D eigenvalue weighted by atomic mass is 10.1. The highest BCUT2D eigenvalue weighted by Crippen LogP contribution is 2.17. The SMILES string of the molecule is CCCC/C=C\CC1CCC(=O)O1. The van der Waals surface area contributed by atoms with Crippen LogP contribution in [0.5, 0.6) is 0 Å². The third-order valence-corrected chi connectivity index (χ3v) is 2.26. The molecule has 0 aromatic carbocycles. The molecule has 1 fully saturated rings. The van der Waals surface area contributed by atoms with Gasteiger partial charge in [-0.3, -0.25) is 4.79 Å². The van der Waals surface area contributed by atoms with Crippen LogP contribution in [-0.2, 0) is 9.53 Å². The van der Waals surface area contributed by atoms with Gasteiger partial charge in [-0.25, -0.2) is 0 Å². The Hall–Kier alpha value is -0.790. The quantitative estimate of drug-likeness (QED) is 0.371. The molecule has 74 valence electrons. The summed E-state index contributed by atoms with van der Waals surface area (Å²) in [4.78, 5) is 10.7. The van der Waals surface area contributed by atoms with E-state index in [0.717, 1.165) is 19.3 Å². The second kappa shape index (κ2) is 5.79. The van der Waals surface area contributed by atoms with E-state index in [4.69, 9.17) is 4.74 Å². The number of cyclic esters (lactones) is 1. The van der Waals surface area contributed by atoms with Crippen LogP contribution in [0.25, 0.3) is 0 Å². The minimum Gasteiger partial charge on any atom is -0.462 e. The first-order chi connectivity index (χ1) is 6.33. The van der Waals surface area contributed by atoms with Crippen LogP contribution >= 0.6 is 0 Å². The van der Waals surface area contributed by atoms with E-state index >= 15 is 0 Å². The van der Waals surface area contributed by atoms with Gasteiger partial charge < -0.3 is 4.74 Å². The predicted octanol–water partition coefficient (Wildman–Crippen LogP) is 2.83. The molecule has 1 atom stereocenters. The summed E-state index contributed by atoms with van der Waals surface area (Å²) >= 11 is 0. The first-order valence-electron chi connectivity index (χ1n) is 5.17. The molecule has 0 aromatic rings. The van der Waals surface area contributed by atoms with E-state index in [1.54, 1.807) is 0 Å². The Morgan fingerprint density at radius 2 is 2.38 bits per heavy atom. The maximum atomic E-state index is 10.7. The Morgan fingerprint density at radius 3 is 3.00 bits per heavy atom. The molecule has 0 amide bonds. The van der Waals surface area contributed by atoms with E-state index in [-0.39, 0.29) is 12.1 Å². The number of rotatable bonds is 5. The molecule has 1 heterocycles. The summed E-state index contributed by atoms with van der Waals surface area (Å²) in [7, 11) is 0. The van der Waals surface area contributed by atoms with E-state index in [1.807, 2.05) is 0 Å². The number of hydrogen-bond acceptors (Lipinski definition) is 2. The van der Waals surface area contributed by atoms with Crippen molar-refractivity contribution in [3.63, 3.8) is 0 Å². The Kier molecular flexibility index (Phi) is 4.58. The first-order valence-corrected chi connectivity index (χ1v) is 5.17. The van der Waals surface area contributed by atoms with Crippen molar-refractivity contribution in [2.75, 3.05) is 0 Å². The average Bonchev–Trinajstić information content (AvgIpc) is 2.51. The minimum atomic E-state index is -0.0352. The maximum Gasteiger partial charge on any atom is 0.306 e. The predicted molar refractivity (Wildman–Crippen MR) is 52.4 cm³/mol. The minimum absolute atomic E-state index is 0.0352. The summed E-state index contributed by atoms with van der Waals surface area (Å²) in [5, 5.41) is 0. The highest BCUT2D eigenvalue weighted by molar-refractivity contribution is 5.71. The van der Waals surface area contributed by atoms with E-state index in [1.165, 1.54) is 12.8 Å². The van der Waals surface area contributed by atoms with Crippen molar-refractivity contribution in [1.29, 1.82) is 0 Å². The molecule has 2 nitrogen and oxygen atoms in total. The number of carbonyl (C=O) groups is 1. The standard InChI is InChI=1S/C11H18O2/c1-2-3-4-5-6-7-10-8-9-11(12)13-10/h5-6,10H,2-4,7-9H2,1H3/b6-5-. The van der Waals surface area contributed by atoms with Crippen LogP contribution in [0.3, 0.4) is 0 Å². The highest BCUT2D eigenvalue weighted by atomic mass is 16.5. The van der Waals surface area contributed by atoms with Gasteiger partial charge in [0.15, 0.2) is 0 Å². The topological polar surface area (TPSA) is 26.3 Å². The van der Waals surface area contributed by atoms with Crippen LogP contribution in [0, 0.1) is 0 Å². The van der Waals surface area contributed by atoms with Crippen LogP contribution < -0.4 is 0 Å². The van der Waals surface area contributed by atoms with Gasteiger partial charge in [-0.1, -0.05) is 31.9 Å². The lowest BCUT2D eigenvalue weighted by Crippen LogP contribution is -2.04. The molecule has 0 aliphatic carbocycles. The smallest absolute Gasteiger partial charge is 0.306 e. The van der Waals surface area contributed by atoms with Gasteiger partial charge in [-0.2, -0.15) is 0 Å². The maximum absolute atomic E-state index is 10.7. The molecule has 0 saturated carbocycles. The summed E-state index contributed by atoms with van der Waals surface area (Å²) in [5.74, 6) is -0.0352. The molecule has 0 aromatic heterocycles. The van der Waals surface area contributed by atoms with Crippen LogP contribution in [0.4, 0.5) is 0 Å². The Bertz CT molecular complexity index is 185. The molecule has 13 heavy (non-hydrogen) atoms. The summed E-state index contributed by atoms with van der Waals surface area (Å²) in [6.07, 6.45) is 10.5. The molecular formula is C11H18O2. The van der Waals surface area contributed by atoms with E-state index in [0.29, 0.717) is 6.42 Å². The fourth-order valence-corrected chi connectivity index (χ4v) is 1.44. The Balaban J connectivity index is 2.05. The zero-order valence-corrected chi connectivity index (χ0v) is 8.29. The number of ether oxygens (including phenoxy) is 1. The molecule has 0 spiro atoms. The summed E-state index contributed by atoms with van der Waals surface area (Å²) in [5.41, 5.74) is 0. The average molecular weight is 182 g/mol. The van der Waals surface area contributed by atoms with Gasteiger partial charge in [0.05, 0.1) is 0 Å². The van der Waals surface area contributed by atoms with Crippen molar-refractivity contribution in [3.05, 3.63) is 12.2 Å². The molecule has 1 saturated heterocycles. The molecule has 0 N–H and O–H groups in total. The Morgan fingerprint density at radius 1 is 1.54 bits per heavy atom. The fourth-order valence-electron chi connectivity index (χ4n) is 1.44. The number of carbonyl (C=O) groups excluding carboxylic acids is 1. The highest BCUT2D eigenvalue weighted by Gasteiger charge is 2.21. The number of esters is 1. The molecule has 1 aliphatic rings. The second-order valence-corrected chi connectivity index (χ2v) is 3.50. The molecule has 0 bridgehead atoms. The lowest BCUT2D eigenvalue weighted by Gasteiger charge is -2.03. The third kappa shape index (κ3) is 4.11. The van der Waals surface area contributed by atoms with E-state index < -0.39 is 0 Å². The van der Waals surface area contributed by atoms with Crippen molar-refractivity contribution >= 4 is 5.97 Å². The van der Waals surface area contributed by atoms with Crippen LogP contribution in [-0.4, -0.2) is 12.1 Å². The van der Waals surface area contributed by atoms with E-state index in [2.05, 4.69) is 19.1 Å². The van der Waals surface area contributed by atoms with Crippen molar-refractivity contribution in [1.82, 2.24) is 0 Å². The summed E-state index contributed by atoms with van der Waals surface area (Å²) in [6, 6.07) is 0. The van der Waals surface area contributed by atoms with Crippen LogP contribution in [0.2, 0.25) is 0 Å². The zero-order valence-electron chi connectivity index (χ0n) is 8.29. The number of allylic oxidation sites excluding steroid dienone is 1. The van der Waals surface area contributed by atoms with Gasteiger partial charge >= 0.3 is 5.97 Å². The molecule has 0 radical (unpaired) electrons. The molecule has 1 rings (SSSR count). The first kappa shape index (κ1) is 10.3. The molecular weight excluding hydrogens is 164 g/mol. The normalized spacial score (nSPS) is 22.5. The van der Waals surface area contributed by atoms with Gasteiger partial charge in [0.2, 0.25) is 0 Å². The van der Waals surface area contributed by atoms with Crippen molar-refractivity contribution in [2.24, 2.45) is 0 Å². The number of unbranched alkanes of at least 4 members (excludes halogenated alkanes) is 2. The van der Waals surface area contributed by atoms with Gasteiger partial charge in [-0.15, -0.1) is 0 Å².